The van der Waals surface area contributed by atoms with Crippen molar-refractivity contribution in [2.45, 2.75) is 6.16 Å². The molecule has 7 rings (SSSR count). The smallest absolute Gasteiger partial charge is 0.134 e. The lowest BCUT2D eigenvalue weighted by Crippen LogP contribution is -3.00. The fourth-order valence-electron chi connectivity index (χ4n) is 6.21. The molecule has 0 aliphatic rings. The molecule has 0 spiro atoms. The molecule has 0 fully saturated rings. The van der Waals surface area contributed by atoms with Crippen LogP contribution in [0.1, 0.15) is 5.56 Å². The number of halogens is 2. The van der Waals surface area contributed by atoms with Crippen LogP contribution in [0.3, 0.4) is 0 Å². The number of hydrogen-bond donors (Lipinski definition) is 0. The van der Waals surface area contributed by atoms with Crippen LogP contribution in [-0.4, -0.2) is 20.3 Å². The first-order valence-corrected chi connectivity index (χ1v) is 21.2. The molecule has 2 nitrogen and oxygen atoms in total. The van der Waals surface area contributed by atoms with Crippen molar-refractivity contribution in [3.8, 4) is 5.75 Å². The molecule has 0 unspecified atom stereocenters. The lowest BCUT2D eigenvalue weighted by atomic mass is 10.2. The largest absolute Gasteiger partial charge is 1.00 e. The van der Waals surface area contributed by atoms with Crippen LogP contribution in [0.15, 0.2) is 205 Å². The van der Waals surface area contributed by atoms with E-state index in [2.05, 4.69) is 216 Å². The Morgan fingerprint density at radius 2 is 0.846 bits per heavy atom. The highest BCUT2D eigenvalue weighted by Gasteiger charge is 2.45. The highest BCUT2D eigenvalue weighted by atomic mass is 79.9. The van der Waals surface area contributed by atoms with Crippen molar-refractivity contribution in [1.29, 1.82) is 0 Å². The van der Waals surface area contributed by atoms with Crippen molar-refractivity contribution in [3.63, 3.8) is 0 Å². The SMILES string of the molecule is COCCOc1cc(C[P+](c2ccccc2)(c2ccccc2)c2ccccc2)ccc1Br.[Br-].c1ccc(P(c2ccccc2)c2ccccc2)cc1. The van der Waals surface area contributed by atoms with Gasteiger partial charge in [0.2, 0.25) is 0 Å². The van der Waals surface area contributed by atoms with Gasteiger partial charge in [0.15, 0.2) is 0 Å². The fraction of sp³-hybridized carbons (Fsp3) is 0.0870. The zero-order valence-electron chi connectivity index (χ0n) is 29.1. The molecule has 7 aromatic rings. The lowest BCUT2D eigenvalue weighted by molar-refractivity contribution is -0.0000103. The normalized spacial score (nSPS) is 10.8. The zero-order valence-corrected chi connectivity index (χ0v) is 34.1. The molecule has 262 valence electrons. The van der Waals surface area contributed by atoms with Gasteiger partial charge < -0.3 is 26.5 Å². The van der Waals surface area contributed by atoms with Gasteiger partial charge in [-0.15, -0.1) is 0 Å². The maximum Gasteiger partial charge on any atom is 0.134 e. The Labute approximate surface area is 329 Å². The van der Waals surface area contributed by atoms with E-state index in [-0.39, 0.29) is 17.0 Å². The first-order valence-electron chi connectivity index (χ1n) is 17.1. The van der Waals surface area contributed by atoms with Crippen molar-refractivity contribution in [3.05, 3.63) is 210 Å². The first-order chi connectivity index (χ1) is 25.2. The molecular weight excluding hydrogens is 806 g/mol. The highest BCUT2D eigenvalue weighted by Crippen LogP contribution is 2.58. The molecule has 52 heavy (non-hydrogen) atoms. The van der Waals surface area contributed by atoms with E-state index in [9.17, 15) is 0 Å². The van der Waals surface area contributed by atoms with E-state index in [1.54, 1.807) is 7.11 Å². The van der Waals surface area contributed by atoms with Gasteiger partial charge in [0.05, 0.1) is 17.2 Å². The van der Waals surface area contributed by atoms with Gasteiger partial charge >= 0.3 is 0 Å². The van der Waals surface area contributed by atoms with Crippen molar-refractivity contribution in [2.24, 2.45) is 0 Å². The highest BCUT2D eigenvalue weighted by molar-refractivity contribution is 9.10. The second-order valence-corrected chi connectivity index (χ2v) is 18.5. The molecule has 0 N–H and O–H groups in total. The topological polar surface area (TPSA) is 18.5 Å². The molecule has 6 heteroatoms. The van der Waals surface area contributed by atoms with Crippen molar-refractivity contribution >= 4 is 62.9 Å². The number of rotatable bonds is 12. The first kappa shape index (κ1) is 39.3. The summed E-state index contributed by atoms with van der Waals surface area (Å²) in [6.45, 7) is 1.08. The van der Waals surface area contributed by atoms with Crippen LogP contribution in [-0.2, 0) is 10.9 Å². The maximum absolute atomic E-state index is 5.99. The summed E-state index contributed by atoms with van der Waals surface area (Å²) < 4.78 is 12.1. The lowest BCUT2D eigenvalue weighted by Gasteiger charge is -2.28. The predicted octanol–water partition coefficient (Wildman–Crippen LogP) is 6.42. The van der Waals surface area contributed by atoms with E-state index in [4.69, 9.17) is 9.47 Å². The Morgan fingerprint density at radius 3 is 1.21 bits per heavy atom. The summed E-state index contributed by atoms with van der Waals surface area (Å²) in [5, 5.41) is 8.33. The second-order valence-electron chi connectivity index (χ2n) is 11.9. The van der Waals surface area contributed by atoms with Crippen molar-refractivity contribution in [2.75, 3.05) is 20.3 Å². The van der Waals surface area contributed by atoms with Crippen LogP contribution in [0.5, 0.6) is 5.75 Å². The van der Waals surface area contributed by atoms with Crippen LogP contribution >= 0.6 is 31.1 Å². The Bertz CT molecular complexity index is 1840. The summed E-state index contributed by atoms with van der Waals surface area (Å²) in [7, 11) is -0.696. The number of methoxy groups -OCH3 is 1. The molecule has 0 atom stereocenters. The molecule has 0 bridgehead atoms. The van der Waals surface area contributed by atoms with E-state index >= 15 is 0 Å². The Balaban J connectivity index is 0.000000223. The minimum Gasteiger partial charge on any atom is -1.00 e. The quantitative estimate of drug-likeness (QED) is 0.105. The molecule has 7 aromatic carbocycles. The van der Waals surface area contributed by atoms with Crippen LogP contribution < -0.4 is 53.5 Å². The van der Waals surface area contributed by atoms with Gasteiger partial charge in [0, 0.05) is 7.11 Å². The monoisotopic (exact) mass is 846 g/mol. The van der Waals surface area contributed by atoms with Gasteiger partial charge in [0.1, 0.15) is 35.5 Å². The maximum atomic E-state index is 5.99. The molecule has 0 radical (unpaired) electrons. The summed E-state index contributed by atoms with van der Waals surface area (Å²) in [6.07, 6.45) is 0.916. The molecule has 0 aliphatic heterocycles. The summed E-state index contributed by atoms with van der Waals surface area (Å²) in [5.74, 6) is 0.854. The molecule has 0 aliphatic carbocycles. The van der Waals surface area contributed by atoms with Crippen LogP contribution in [0, 0.1) is 0 Å². The average molecular weight is 849 g/mol. The molecule has 0 aromatic heterocycles. The Kier molecular flexibility index (Phi) is 15.4. The zero-order chi connectivity index (χ0) is 35.1. The van der Waals surface area contributed by atoms with Crippen molar-refractivity contribution in [1.82, 2.24) is 0 Å². The number of hydrogen-bond acceptors (Lipinski definition) is 2. The number of ether oxygens (including phenoxy) is 2. The fourth-order valence-corrected chi connectivity index (χ4v) is 13.1. The number of benzene rings is 7. The Morgan fingerprint density at radius 1 is 0.481 bits per heavy atom. The summed E-state index contributed by atoms with van der Waals surface area (Å²) in [4.78, 5) is 0. The van der Waals surface area contributed by atoms with Crippen LogP contribution in [0.4, 0.5) is 0 Å². The summed E-state index contributed by atoms with van der Waals surface area (Å²) in [6, 6.07) is 71.7. The van der Waals surface area contributed by atoms with Gasteiger partial charge in [-0.3, -0.25) is 0 Å². The third-order valence-corrected chi connectivity index (χ3v) is 16.1. The Hall–Kier alpha value is -3.88. The van der Waals surface area contributed by atoms with Gasteiger partial charge in [-0.2, -0.15) is 0 Å². The van der Waals surface area contributed by atoms with Crippen LogP contribution in [0.25, 0.3) is 0 Å². The van der Waals surface area contributed by atoms with Crippen LogP contribution in [0.2, 0.25) is 0 Å². The average Bonchev–Trinajstić information content (AvgIpc) is 3.21. The van der Waals surface area contributed by atoms with Gasteiger partial charge in [-0.05, 0) is 93.9 Å². The van der Waals surface area contributed by atoms with Gasteiger partial charge in [0.25, 0.3) is 0 Å². The minimum absolute atomic E-state index is 0. The van der Waals surface area contributed by atoms with E-state index in [0.29, 0.717) is 13.2 Å². The van der Waals surface area contributed by atoms with E-state index < -0.39 is 15.2 Å². The third-order valence-electron chi connectivity index (χ3n) is 8.59. The molecule has 0 amide bonds. The van der Waals surface area contributed by atoms with Gasteiger partial charge in [-0.25, -0.2) is 0 Å². The molecule has 0 heterocycles. The third kappa shape index (κ3) is 9.95. The predicted molar refractivity (Wildman–Crippen MR) is 226 cm³/mol. The molecular formula is C46H42Br2O2P2. The van der Waals surface area contributed by atoms with E-state index in [1.165, 1.54) is 37.4 Å². The van der Waals surface area contributed by atoms with Gasteiger partial charge in [-0.1, -0.05) is 152 Å². The molecule has 0 saturated carbocycles. The van der Waals surface area contributed by atoms with E-state index in [1.807, 2.05) is 0 Å². The standard InChI is InChI=1S/C28H27BrO2P.C18H15P.BrH/c1-30-19-20-31-28-21-23(17-18-27(28)29)22-32(24-11-5-2-6-12-24,25-13-7-3-8-14-25)26-15-9-4-10-16-26;1-4-10-16(11-5-1)19(17-12-6-2-7-13-17)18-14-8-3-9-15-18;/h2-18,21H,19-20,22H2,1H3;1-15H;1H/q+1;;/p-1. The van der Waals surface area contributed by atoms with E-state index in [0.717, 1.165) is 16.4 Å². The molecule has 0 saturated heterocycles. The second kappa shape index (κ2) is 20.4. The summed E-state index contributed by atoms with van der Waals surface area (Å²) >= 11 is 3.64. The summed E-state index contributed by atoms with van der Waals surface area (Å²) in [5.41, 5.74) is 1.26. The van der Waals surface area contributed by atoms with Crippen molar-refractivity contribution < 1.29 is 26.5 Å². The minimum atomic E-state index is -1.94.